The summed E-state index contributed by atoms with van der Waals surface area (Å²) in [6.07, 6.45) is 0.875. The molecule has 8 aromatic rings. The lowest BCUT2D eigenvalue weighted by Gasteiger charge is -2.25. The van der Waals surface area contributed by atoms with Crippen LogP contribution in [0.3, 0.4) is 0 Å². The summed E-state index contributed by atoms with van der Waals surface area (Å²) in [5.74, 6) is 1.99. The average molecular weight is 682 g/mol. The van der Waals surface area contributed by atoms with E-state index in [1.807, 2.05) is 60.7 Å². The Labute approximate surface area is 311 Å². The highest BCUT2D eigenvalue weighted by Crippen LogP contribution is 2.54. The number of rotatable bonds is 5. The molecule has 0 unspecified atom stereocenters. The minimum Gasteiger partial charge on any atom is -0.208 e. The number of aromatic nitrogens is 3. The molecule has 0 N–H and O–H groups in total. The molecule has 0 saturated carbocycles. The second-order valence-electron chi connectivity index (χ2n) is 14.4. The van der Waals surface area contributed by atoms with Crippen LogP contribution in [0.25, 0.3) is 78.7 Å². The normalized spacial score (nSPS) is 13.0. The van der Waals surface area contributed by atoms with Crippen molar-refractivity contribution >= 4 is 0 Å². The smallest absolute Gasteiger partial charge is 0.164 e. The van der Waals surface area contributed by atoms with Gasteiger partial charge in [-0.1, -0.05) is 179 Å². The fourth-order valence-corrected chi connectivity index (χ4v) is 8.59. The molecule has 0 fully saturated rings. The van der Waals surface area contributed by atoms with Gasteiger partial charge in [0.2, 0.25) is 0 Å². The van der Waals surface area contributed by atoms with Gasteiger partial charge in [0, 0.05) is 22.1 Å². The van der Waals surface area contributed by atoms with Gasteiger partial charge < -0.3 is 0 Å². The first kappa shape index (κ1) is 32.5. The molecule has 1 heterocycles. The van der Waals surface area contributed by atoms with E-state index in [-0.39, 0.29) is 12.8 Å². The zero-order valence-corrected chi connectivity index (χ0v) is 29.1. The predicted molar refractivity (Wildman–Crippen MR) is 220 cm³/mol. The van der Waals surface area contributed by atoms with Crippen LogP contribution in [0.5, 0.6) is 0 Å². The molecule has 254 valence electrons. The van der Waals surface area contributed by atoms with Gasteiger partial charge in [0.05, 0.1) is 0 Å². The molecule has 0 spiro atoms. The van der Waals surface area contributed by atoms with Crippen LogP contribution in [0.2, 0.25) is 0 Å². The maximum absolute atomic E-state index is 5.02. The van der Waals surface area contributed by atoms with Crippen LogP contribution in [0.15, 0.2) is 164 Å². The molecule has 0 bridgehead atoms. The monoisotopic (exact) mass is 681 g/mol. The minimum absolute atomic E-state index is 0. The first-order valence-corrected chi connectivity index (χ1v) is 18.0. The fraction of sp³-hybridized carbons (Fsp3) is 0.100. The van der Waals surface area contributed by atoms with Crippen molar-refractivity contribution in [2.75, 3.05) is 0 Å². The highest BCUT2D eigenvalue weighted by atomic mass is 15.0. The van der Waals surface area contributed by atoms with Crippen molar-refractivity contribution in [3.05, 3.63) is 186 Å². The van der Waals surface area contributed by atoms with Crippen molar-refractivity contribution in [1.29, 1.82) is 0 Å². The standard InChI is InChI=1S/C49H35N3.CH4/c1-49(2)44-28-10-9-21-39(44)41-27-14-26-40(45(41)49)38-25-13-24-37-36-23-12-22-35(42(36)30-43(37)38)33-19-11-20-34(29-33)48-51-46(31-15-5-3-6-16-31)50-47(52-48)32-17-7-4-8-18-32;/h3-29H,30H2,1-2H3;1H4. The molecular formula is C50H39N3. The summed E-state index contributed by atoms with van der Waals surface area (Å²) in [6, 6.07) is 58.4. The van der Waals surface area contributed by atoms with E-state index in [9.17, 15) is 0 Å². The molecule has 0 radical (unpaired) electrons. The van der Waals surface area contributed by atoms with Gasteiger partial charge in [-0.05, 0) is 79.2 Å². The minimum atomic E-state index is -0.0852. The molecule has 1 aromatic heterocycles. The Morgan fingerprint density at radius 2 is 0.774 bits per heavy atom. The Bertz CT molecular complexity index is 2620. The van der Waals surface area contributed by atoms with Crippen molar-refractivity contribution < 1.29 is 0 Å². The summed E-state index contributed by atoms with van der Waals surface area (Å²) in [7, 11) is 0. The summed E-state index contributed by atoms with van der Waals surface area (Å²) >= 11 is 0. The topological polar surface area (TPSA) is 38.7 Å². The molecule has 53 heavy (non-hydrogen) atoms. The Morgan fingerprint density at radius 3 is 1.40 bits per heavy atom. The number of benzene rings is 7. The van der Waals surface area contributed by atoms with Gasteiger partial charge in [0.25, 0.3) is 0 Å². The Kier molecular flexibility index (Phi) is 7.74. The molecule has 2 aliphatic rings. The molecule has 7 aromatic carbocycles. The Morgan fingerprint density at radius 1 is 0.377 bits per heavy atom. The molecule has 10 rings (SSSR count). The molecule has 0 aliphatic heterocycles. The van der Waals surface area contributed by atoms with Crippen LogP contribution in [0, 0.1) is 0 Å². The molecule has 3 nitrogen and oxygen atoms in total. The third-order valence-electron chi connectivity index (χ3n) is 11.0. The maximum Gasteiger partial charge on any atom is 0.164 e. The third kappa shape index (κ3) is 5.23. The van der Waals surface area contributed by atoms with Gasteiger partial charge in [0.1, 0.15) is 0 Å². The zero-order chi connectivity index (χ0) is 34.8. The van der Waals surface area contributed by atoms with Crippen LogP contribution in [0.4, 0.5) is 0 Å². The van der Waals surface area contributed by atoms with E-state index in [1.165, 1.54) is 61.2 Å². The van der Waals surface area contributed by atoms with E-state index in [0.29, 0.717) is 17.5 Å². The second-order valence-corrected chi connectivity index (χ2v) is 14.4. The number of hydrogen-bond acceptors (Lipinski definition) is 3. The lowest BCUT2D eigenvalue weighted by Crippen LogP contribution is -2.16. The fourth-order valence-electron chi connectivity index (χ4n) is 8.59. The maximum atomic E-state index is 5.02. The van der Waals surface area contributed by atoms with Crippen LogP contribution in [-0.2, 0) is 11.8 Å². The molecule has 3 heteroatoms. The third-order valence-corrected chi connectivity index (χ3v) is 11.0. The van der Waals surface area contributed by atoms with Gasteiger partial charge in [-0.25, -0.2) is 15.0 Å². The van der Waals surface area contributed by atoms with Crippen molar-refractivity contribution in [3.63, 3.8) is 0 Å². The zero-order valence-electron chi connectivity index (χ0n) is 29.1. The lowest BCUT2D eigenvalue weighted by molar-refractivity contribution is 0.662. The van der Waals surface area contributed by atoms with Crippen LogP contribution >= 0.6 is 0 Å². The van der Waals surface area contributed by atoms with E-state index < -0.39 is 0 Å². The van der Waals surface area contributed by atoms with Crippen molar-refractivity contribution in [3.8, 4) is 78.7 Å². The Hall–Kier alpha value is -6.45. The van der Waals surface area contributed by atoms with Crippen molar-refractivity contribution in [2.45, 2.75) is 33.1 Å². The first-order chi connectivity index (χ1) is 25.5. The quantitative estimate of drug-likeness (QED) is 0.181. The average Bonchev–Trinajstić information content (AvgIpc) is 3.71. The van der Waals surface area contributed by atoms with Crippen LogP contribution < -0.4 is 0 Å². The molecule has 0 saturated heterocycles. The lowest BCUT2D eigenvalue weighted by atomic mass is 9.78. The summed E-state index contributed by atoms with van der Waals surface area (Å²) in [5.41, 5.74) is 18.8. The van der Waals surface area contributed by atoms with Gasteiger partial charge in [-0.3, -0.25) is 0 Å². The van der Waals surface area contributed by atoms with Crippen LogP contribution in [0.1, 0.15) is 43.5 Å². The molecular weight excluding hydrogens is 643 g/mol. The summed E-state index contributed by atoms with van der Waals surface area (Å²) in [6.45, 7) is 4.75. The highest BCUT2D eigenvalue weighted by Gasteiger charge is 2.38. The van der Waals surface area contributed by atoms with Crippen molar-refractivity contribution in [2.24, 2.45) is 0 Å². The molecule has 0 amide bonds. The van der Waals surface area contributed by atoms with E-state index in [2.05, 4.69) is 117 Å². The Balaban J connectivity index is 0.00000372. The number of nitrogens with zero attached hydrogens (tertiary/aromatic N) is 3. The van der Waals surface area contributed by atoms with Gasteiger partial charge in [-0.15, -0.1) is 0 Å². The van der Waals surface area contributed by atoms with Gasteiger partial charge in [-0.2, -0.15) is 0 Å². The summed E-state index contributed by atoms with van der Waals surface area (Å²) in [5, 5.41) is 0. The summed E-state index contributed by atoms with van der Waals surface area (Å²) < 4.78 is 0. The van der Waals surface area contributed by atoms with Gasteiger partial charge >= 0.3 is 0 Å². The second kappa shape index (κ2) is 12.6. The predicted octanol–water partition coefficient (Wildman–Crippen LogP) is 12.7. The van der Waals surface area contributed by atoms with E-state index >= 15 is 0 Å². The van der Waals surface area contributed by atoms with Crippen LogP contribution in [-0.4, -0.2) is 15.0 Å². The highest BCUT2D eigenvalue weighted by molar-refractivity contribution is 5.94. The largest absolute Gasteiger partial charge is 0.208 e. The molecule has 0 atom stereocenters. The first-order valence-electron chi connectivity index (χ1n) is 18.0. The van der Waals surface area contributed by atoms with E-state index in [1.54, 1.807) is 0 Å². The SMILES string of the molecule is C.CC1(C)c2ccccc2-c2cccc(-c3cccc4c3Cc3c(-c5cccc(-c6nc(-c7ccccc7)nc(-c7ccccc7)n6)c5)cccc3-4)c21. The van der Waals surface area contributed by atoms with E-state index in [0.717, 1.165) is 28.7 Å². The molecule has 2 aliphatic carbocycles. The van der Waals surface area contributed by atoms with Crippen molar-refractivity contribution in [1.82, 2.24) is 15.0 Å². The van der Waals surface area contributed by atoms with Gasteiger partial charge in [0.15, 0.2) is 17.5 Å². The number of hydrogen-bond donors (Lipinski definition) is 0. The summed E-state index contributed by atoms with van der Waals surface area (Å²) in [4.78, 5) is 14.9. The van der Waals surface area contributed by atoms with E-state index in [4.69, 9.17) is 15.0 Å². The number of fused-ring (bicyclic) bond motifs is 6.